The predicted octanol–water partition coefficient (Wildman–Crippen LogP) is 4.51. The summed E-state index contributed by atoms with van der Waals surface area (Å²) in [7, 11) is 0. The van der Waals surface area contributed by atoms with Gasteiger partial charge in [0.05, 0.1) is 16.0 Å². The van der Waals surface area contributed by atoms with Gasteiger partial charge in [0.2, 0.25) is 0 Å². The zero-order valence-electron chi connectivity index (χ0n) is 9.58. The van der Waals surface area contributed by atoms with E-state index in [-0.39, 0.29) is 11.9 Å². The molecule has 1 unspecified atom stereocenters. The summed E-state index contributed by atoms with van der Waals surface area (Å²) in [4.78, 5) is 5.02. The van der Waals surface area contributed by atoms with Crippen LogP contribution in [0, 0.1) is 5.82 Å². The summed E-state index contributed by atoms with van der Waals surface area (Å²) in [5.74, 6) is -0.315. The number of halogens is 3. The minimum Gasteiger partial charge on any atom is -0.306 e. The molecule has 0 bridgehead atoms. The molecule has 2 heterocycles. The van der Waals surface area contributed by atoms with Crippen LogP contribution in [0.4, 0.5) is 4.39 Å². The molecule has 0 aromatic carbocycles. The van der Waals surface area contributed by atoms with Crippen molar-refractivity contribution in [3.05, 3.63) is 49.0 Å². The Bertz CT molecular complexity index is 525. The third kappa shape index (κ3) is 3.17. The highest BCUT2D eigenvalue weighted by Crippen LogP contribution is 2.37. The third-order valence-corrected chi connectivity index (χ3v) is 5.74. The third-order valence-electron chi connectivity index (χ3n) is 2.42. The van der Waals surface area contributed by atoms with Gasteiger partial charge in [-0.05, 0) is 56.1 Å². The molecule has 2 aromatic rings. The smallest absolute Gasteiger partial charge is 0.141 e. The van der Waals surface area contributed by atoms with Gasteiger partial charge >= 0.3 is 0 Å². The van der Waals surface area contributed by atoms with E-state index in [1.807, 2.05) is 13.0 Å². The van der Waals surface area contributed by atoms with E-state index in [1.165, 1.54) is 12.3 Å². The van der Waals surface area contributed by atoms with Crippen molar-refractivity contribution in [1.82, 2.24) is 10.3 Å². The van der Waals surface area contributed by atoms with Crippen molar-refractivity contribution in [2.24, 2.45) is 0 Å². The summed E-state index contributed by atoms with van der Waals surface area (Å²) in [5, 5.41) is 3.35. The Labute approximate surface area is 126 Å². The molecule has 0 spiro atoms. The average Bonchev–Trinajstić information content (AvgIpc) is 2.66. The van der Waals surface area contributed by atoms with Crippen LogP contribution < -0.4 is 5.32 Å². The Balaban J connectivity index is 2.39. The number of rotatable bonds is 4. The van der Waals surface area contributed by atoms with Gasteiger partial charge < -0.3 is 5.32 Å². The van der Waals surface area contributed by atoms with Crippen molar-refractivity contribution >= 4 is 43.2 Å². The quantitative estimate of drug-likeness (QED) is 0.826. The topological polar surface area (TPSA) is 24.9 Å². The molecule has 0 aliphatic rings. The monoisotopic (exact) mass is 392 g/mol. The van der Waals surface area contributed by atoms with Crippen molar-refractivity contribution in [2.45, 2.75) is 13.0 Å². The van der Waals surface area contributed by atoms with Crippen LogP contribution >= 0.6 is 43.2 Å². The zero-order valence-corrected chi connectivity index (χ0v) is 13.6. The van der Waals surface area contributed by atoms with Crippen molar-refractivity contribution in [2.75, 3.05) is 6.54 Å². The van der Waals surface area contributed by atoms with Crippen LogP contribution in [-0.2, 0) is 0 Å². The van der Waals surface area contributed by atoms with Gasteiger partial charge in [0, 0.05) is 15.5 Å². The molecular weight excluding hydrogens is 383 g/mol. The van der Waals surface area contributed by atoms with Crippen molar-refractivity contribution in [3.8, 4) is 0 Å². The van der Waals surface area contributed by atoms with Crippen molar-refractivity contribution in [3.63, 3.8) is 0 Å². The molecule has 1 N–H and O–H groups in total. The summed E-state index contributed by atoms with van der Waals surface area (Å²) in [6, 6.07) is 3.51. The molecule has 2 aromatic heterocycles. The maximum Gasteiger partial charge on any atom is 0.141 e. The molecule has 0 aliphatic heterocycles. The highest BCUT2D eigenvalue weighted by Gasteiger charge is 2.17. The van der Waals surface area contributed by atoms with Crippen LogP contribution in [0.2, 0.25) is 0 Å². The summed E-state index contributed by atoms with van der Waals surface area (Å²) >= 11 is 8.57. The molecule has 2 rings (SSSR count). The highest BCUT2D eigenvalue weighted by molar-refractivity contribution is 9.13. The van der Waals surface area contributed by atoms with Gasteiger partial charge in [0.25, 0.3) is 0 Å². The van der Waals surface area contributed by atoms with Gasteiger partial charge in [-0.3, -0.25) is 4.98 Å². The number of aromatic nitrogens is 1. The lowest BCUT2D eigenvalue weighted by atomic mass is 10.1. The van der Waals surface area contributed by atoms with Crippen LogP contribution in [-0.4, -0.2) is 11.5 Å². The summed E-state index contributed by atoms with van der Waals surface area (Å²) in [5.41, 5.74) is 0.832. The lowest BCUT2D eigenvalue weighted by Gasteiger charge is -2.16. The molecule has 96 valence electrons. The fraction of sp³-hybridized carbons (Fsp3) is 0.250. The van der Waals surface area contributed by atoms with E-state index in [2.05, 4.69) is 42.2 Å². The molecule has 0 saturated heterocycles. The fourth-order valence-electron chi connectivity index (χ4n) is 1.68. The van der Waals surface area contributed by atoms with Crippen LogP contribution in [0.3, 0.4) is 0 Å². The van der Waals surface area contributed by atoms with E-state index in [9.17, 15) is 4.39 Å². The molecule has 0 fully saturated rings. The number of nitrogens with one attached hydrogen (secondary N) is 1. The minimum atomic E-state index is -0.315. The molecule has 0 radical (unpaired) electrons. The number of nitrogens with zero attached hydrogens (tertiary/aromatic N) is 1. The molecule has 0 amide bonds. The summed E-state index contributed by atoms with van der Waals surface area (Å²) in [6.45, 7) is 2.83. The average molecular weight is 394 g/mol. The summed E-state index contributed by atoms with van der Waals surface area (Å²) < 4.78 is 15.3. The second-order valence-electron chi connectivity index (χ2n) is 3.70. The zero-order chi connectivity index (χ0) is 13.1. The Kier molecular flexibility index (Phi) is 4.89. The second-order valence-corrected chi connectivity index (χ2v) is 6.95. The Hall–Kier alpha value is -0.300. The van der Waals surface area contributed by atoms with Crippen LogP contribution in [0.25, 0.3) is 0 Å². The first kappa shape index (κ1) is 14.1. The molecule has 0 aliphatic carbocycles. The van der Waals surface area contributed by atoms with E-state index in [0.717, 1.165) is 25.2 Å². The molecule has 18 heavy (non-hydrogen) atoms. The maximum absolute atomic E-state index is 13.3. The Morgan fingerprint density at radius 1 is 1.39 bits per heavy atom. The number of hydrogen-bond donors (Lipinski definition) is 1. The molecule has 6 heteroatoms. The van der Waals surface area contributed by atoms with Crippen LogP contribution in [0.15, 0.2) is 32.8 Å². The second kappa shape index (κ2) is 6.23. The van der Waals surface area contributed by atoms with E-state index < -0.39 is 0 Å². The minimum absolute atomic E-state index is 0.0363. The van der Waals surface area contributed by atoms with Gasteiger partial charge in [0.1, 0.15) is 5.82 Å². The molecule has 1 atom stereocenters. The molecule has 0 saturated carbocycles. The number of hydrogen-bond acceptors (Lipinski definition) is 3. The van der Waals surface area contributed by atoms with Gasteiger partial charge in [-0.2, -0.15) is 0 Å². The first-order valence-corrected chi connectivity index (χ1v) is 7.80. The number of thiophene rings is 1. The highest BCUT2D eigenvalue weighted by atomic mass is 79.9. The standard InChI is InChI=1S/C12H11Br2FN2S/c1-2-17-11(7-3-8(15)6-16-5-7)10-4-9(13)12(14)18-10/h3-6,11,17H,2H2,1H3. The number of pyridine rings is 1. The van der Waals surface area contributed by atoms with E-state index in [0.29, 0.717) is 0 Å². The largest absolute Gasteiger partial charge is 0.306 e. The van der Waals surface area contributed by atoms with Crippen LogP contribution in [0.1, 0.15) is 23.4 Å². The Morgan fingerprint density at radius 3 is 2.72 bits per heavy atom. The SMILES string of the molecule is CCNC(c1cncc(F)c1)c1cc(Br)c(Br)s1. The van der Waals surface area contributed by atoms with Crippen molar-refractivity contribution in [1.29, 1.82) is 0 Å². The Morgan fingerprint density at radius 2 is 2.17 bits per heavy atom. The fourth-order valence-corrected chi connectivity index (χ4v) is 3.87. The predicted molar refractivity (Wildman–Crippen MR) is 79.4 cm³/mol. The first-order chi connectivity index (χ1) is 8.61. The van der Waals surface area contributed by atoms with E-state index in [1.54, 1.807) is 17.5 Å². The lowest BCUT2D eigenvalue weighted by Crippen LogP contribution is -2.21. The van der Waals surface area contributed by atoms with E-state index >= 15 is 0 Å². The normalized spacial score (nSPS) is 12.7. The lowest BCUT2D eigenvalue weighted by molar-refractivity contribution is 0.599. The van der Waals surface area contributed by atoms with Gasteiger partial charge in [0.15, 0.2) is 0 Å². The van der Waals surface area contributed by atoms with E-state index in [4.69, 9.17) is 0 Å². The van der Waals surface area contributed by atoms with Gasteiger partial charge in [-0.15, -0.1) is 11.3 Å². The maximum atomic E-state index is 13.3. The first-order valence-electron chi connectivity index (χ1n) is 5.40. The van der Waals surface area contributed by atoms with Gasteiger partial charge in [-0.1, -0.05) is 6.92 Å². The molecular formula is C12H11Br2FN2S. The van der Waals surface area contributed by atoms with Gasteiger partial charge in [-0.25, -0.2) is 4.39 Å². The van der Waals surface area contributed by atoms with Crippen LogP contribution in [0.5, 0.6) is 0 Å². The molecule has 2 nitrogen and oxygen atoms in total. The summed E-state index contributed by atoms with van der Waals surface area (Å²) in [6.07, 6.45) is 2.91. The van der Waals surface area contributed by atoms with Crippen molar-refractivity contribution < 1.29 is 4.39 Å².